The van der Waals surface area contributed by atoms with Crippen molar-refractivity contribution in [1.82, 2.24) is 10.3 Å². The zero-order chi connectivity index (χ0) is 12.1. The van der Waals surface area contributed by atoms with Crippen LogP contribution in [0.1, 0.15) is 18.2 Å². The minimum absolute atomic E-state index is 0.213. The summed E-state index contributed by atoms with van der Waals surface area (Å²) in [6.45, 7) is 4.01. The third kappa shape index (κ3) is 3.35. The van der Waals surface area contributed by atoms with Gasteiger partial charge in [0.15, 0.2) is 0 Å². The van der Waals surface area contributed by atoms with Gasteiger partial charge in [-0.25, -0.2) is 9.37 Å². The predicted octanol–water partition coefficient (Wildman–Crippen LogP) is 3.45. The van der Waals surface area contributed by atoms with E-state index in [1.165, 1.54) is 17.0 Å². The summed E-state index contributed by atoms with van der Waals surface area (Å²) in [4.78, 5) is 5.56. The van der Waals surface area contributed by atoms with Crippen LogP contribution >= 0.6 is 11.3 Å². The average molecular weight is 250 g/mol. The minimum Gasteiger partial charge on any atom is -0.312 e. The van der Waals surface area contributed by atoms with Crippen molar-refractivity contribution < 1.29 is 4.39 Å². The summed E-state index contributed by atoms with van der Waals surface area (Å²) >= 11 is 1.65. The van der Waals surface area contributed by atoms with Crippen molar-refractivity contribution in [3.63, 3.8) is 0 Å². The number of benzene rings is 1. The fourth-order valence-electron chi connectivity index (χ4n) is 1.50. The van der Waals surface area contributed by atoms with Gasteiger partial charge < -0.3 is 5.32 Å². The van der Waals surface area contributed by atoms with Crippen molar-refractivity contribution in [3.8, 4) is 10.6 Å². The number of hydrogen-bond donors (Lipinski definition) is 1. The van der Waals surface area contributed by atoms with E-state index in [-0.39, 0.29) is 5.82 Å². The fraction of sp³-hybridized carbons (Fsp3) is 0.308. The van der Waals surface area contributed by atoms with Crippen LogP contribution < -0.4 is 5.32 Å². The summed E-state index contributed by atoms with van der Waals surface area (Å²) in [7, 11) is 0. The highest BCUT2D eigenvalue weighted by atomic mass is 32.1. The summed E-state index contributed by atoms with van der Waals surface area (Å²) in [5.74, 6) is -0.213. The maximum atomic E-state index is 12.8. The van der Waals surface area contributed by atoms with Crippen molar-refractivity contribution in [3.05, 3.63) is 41.2 Å². The van der Waals surface area contributed by atoms with Crippen LogP contribution in [-0.2, 0) is 6.54 Å². The van der Waals surface area contributed by atoms with E-state index in [1.54, 1.807) is 23.5 Å². The van der Waals surface area contributed by atoms with E-state index in [2.05, 4.69) is 17.2 Å². The lowest BCUT2D eigenvalue weighted by molar-refractivity contribution is 0.628. The van der Waals surface area contributed by atoms with Crippen molar-refractivity contribution >= 4 is 11.3 Å². The van der Waals surface area contributed by atoms with Crippen LogP contribution in [0.25, 0.3) is 10.6 Å². The van der Waals surface area contributed by atoms with Gasteiger partial charge in [0, 0.05) is 23.2 Å². The lowest BCUT2D eigenvalue weighted by atomic mass is 10.2. The van der Waals surface area contributed by atoms with Crippen LogP contribution in [0, 0.1) is 5.82 Å². The highest BCUT2D eigenvalue weighted by Crippen LogP contribution is 2.25. The van der Waals surface area contributed by atoms with Crippen molar-refractivity contribution in [2.45, 2.75) is 19.9 Å². The number of rotatable bonds is 5. The molecule has 0 aliphatic heterocycles. The van der Waals surface area contributed by atoms with Gasteiger partial charge in [-0.1, -0.05) is 6.92 Å². The van der Waals surface area contributed by atoms with Gasteiger partial charge in [-0.15, -0.1) is 11.3 Å². The lowest BCUT2D eigenvalue weighted by Gasteiger charge is -1.98. The van der Waals surface area contributed by atoms with Gasteiger partial charge in [-0.05, 0) is 37.2 Å². The van der Waals surface area contributed by atoms with Gasteiger partial charge in [-0.3, -0.25) is 0 Å². The first kappa shape index (κ1) is 12.2. The molecular weight excluding hydrogens is 235 g/mol. The van der Waals surface area contributed by atoms with E-state index in [4.69, 9.17) is 0 Å². The van der Waals surface area contributed by atoms with Crippen LogP contribution in [0.3, 0.4) is 0 Å². The second-order valence-electron chi connectivity index (χ2n) is 3.82. The summed E-state index contributed by atoms with van der Waals surface area (Å²) in [6, 6.07) is 6.45. The first-order chi connectivity index (χ1) is 8.29. The van der Waals surface area contributed by atoms with E-state index in [0.29, 0.717) is 0 Å². The second kappa shape index (κ2) is 5.89. The molecule has 1 heterocycles. The Morgan fingerprint density at radius 2 is 2.06 bits per heavy atom. The smallest absolute Gasteiger partial charge is 0.123 e. The van der Waals surface area contributed by atoms with Crippen molar-refractivity contribution in [2.75, 3.05) is 6.54 Å². The monoisotopic (exact) mass is 250 g/mol. The van der Waals surface area contributed by atoms with E-state index >= 15 is 0 Å². The molecule has 0 aliphatic rings. The molecule has 0 spiro atoms. The molecule has 4 heteroatoms. The standard InChI is InChI=1S/C13H15FN2S/c1-2-7-15-8-12-9-16-13(17-12)10-3-5-11(14)6-4-10/h3-6,9,15H,2,7-8H2,1H3. The third-order valence-electron chi connectivity index (χ3n) is 2.37. The molecule has 0 aliphatic carbocycles. The van der Waals surface area contributed by atoms with Crippen LogP contribution in [-0.4, -0.2) is 11.5 Å². The Hall–Kier alpha value is -1.26. The van der Waals surface area contributed by atoms with Gasteiger partial charge >= 0.3 is 0 Å². The van der Waals surface area contributed by atoms with Gasteiger partial charge in [0.05, 0.1) is 0 Å². The molecule has 0 saturated carbocycles. The maximum absolute atomic E-state index is 12.8. The molecule has 0 bridgehead atoms. The predicted molar refractivity (Wildman–Crippen MR) is 69.5 cm³/mol. The first-order valence-corrected chi connectivity index (χ1v) is 6.52. The van der Waals surface area contributed by atoms with Crippen LogP contribution in [0.5, 0.6) is 0 Å². The molecule has 0 fully saturated rings. The van der Waals surface area contributed by atoms with Crippen LogP contribution in [0.15, 0.2) is 30.5 Å². The number of nitrogens with zero attached hydrogens (tertiary/aromatic N) is 1. The number of aromatic nitrogens is 1. The van der Waals surface area contributed by atoms with Gasteiger partial charge in [-0.2, -0.15) is 0 Å². The SMILES string of the molecule is CCCNCc1cnc(-c2ccc(F)cc2)s1. The minimum atomic E-state index is -0.213. The Morgan fingerprint density at radius 3 is 2.76 bits per heavy atom. The quantitative estimate of drug-likeness (QED) is 0.822. The molecule has 2 nitrogen and oxygen atoms in total. The molecule has 0 unspecified atom stereocenters. The molecule has 0 atom stereocenters. The zero-order valence-electron chi connectivity index (χ0n) is 9.74. The largest absolute Gasteiger partial charge is 0.312 e. The molecule has 90 valence electrons. The molecular formula is C13H15FN2S. The summed E-state index contributed by atoms with van der Waals surface area (Å²) in [6.07, 6.45) is 3.01. The van der Waals surface area contributed by atoms with Crippen LogP contribution in [0.2, 0.25) is 0 Å². The Kier molecular flexibility index (Phi) is 4.23. The van der Waals surface area contributed by atoms with Crippen LogP contribution in [0.4, 0.5) is 4.39 Å². The molecule has 2 rings (SSSR count). The molecule has 1 aromatic heterocycles. The normalized spacial score (nSPS) is 10.7. The Labute approximate surface area is 105 Å². The number of halogens is 1. The summed E-state index contributed by atoms with van der Waals surface area (Å²) in [5, 5.41) is 4.28. The number of thiazole rings is 1. The molecule has 2 aromatic rings. The summed E-state index contributed by atoms with van der Waals surface area (Å²) in [5.41, 5.74) is 0.971. The van der Waals surface area contributed by atoms with Gasteiger partial charge in [0.2, 0.25) is 0 Å². The molecule has 0 amide bonds. The lowest BCUT2D eigenvalue weighted by Crippen LogP contribution is -2.12. The molecule has 0 radical (unpaired) electrons. The molecule has 17 heavy (non-hydrogen) atoms. The molecule has 1 N–H and O–H groups in total. The van der Waals surface area contributed by atoms with Gasteiger partial charge in [0.25, 0.3) is 0 Å². The van der Waals surface area contributed by atoms with E-state index < -0.39 is 0 Å². The molecule has 1 aromatic carbocycles. The Morgan fingerprint density at radius 1 is 1.29 bits per heavy atom. The Bertz CT molecular complexity index is 465. The average Bonchev–Trinajstić information content (AvgIpc) is 2.79. The number of hydrogen-bond acceptors (Lipinski definition) is 3. The van der Waals surface area contributed by atoms with Gasteiger partial charge in [0.1, 0.15) is 10.8 Å². The second-order valence-corrected chi connectivity index (χ2v) is 4.93. The van der Waals surface area contributed by atoms with Crippen molar-refractivity contribution in [2.24, 2.45) is 0 Å². The van der Waals surface area contributed by atoms with E-state index in [1.807, 2.05) is 6.20 Å². The number of nitrogens with one attached hydrogen (secondary N) is 1. The third-order valence-corrected chi connectivity index (χ3v) is 3.42. The highest BCUT2D eigenvalue weighted by Gasteiger charge is 2.04. The van der Waals surface area contributed by atoms with Crippen molar-refractivity contribution in [1.29, 1.82) is 0 Å². The van der Waals surface area contributed by atoms with E-state index in [9.17, 15) is 4.39 Å². The first-order valence-electron chi connectivity index (χ1n) is 5.71. The Balaban J connectivity index is 2.04. The zero-order valence-corrected chi connectivity index (χ0v) is 10.6. The topological polar surface area (TPSA) is 24.9 Å². The maximum Gasteiger partial charge on any atom is 0.123 e. The molecule has 0 saturated heterocycles. The highest BCUT2D eigenvalue weighted by molar-refractivity contribution is 7.15. The van der Waals surface area contributed by atoms with E-state index in [0.717, 1.165) is 30.1 Å². The fourth-order valence-corrected chi connectivity index (χ4v) is 2.39. The summed E-state index contributed by atoms with van der Waals surface area (Å²) < 4.78 is 12.8.